The smallest absolute Gasteiger partial charge is 0.326 e. The molecule has 0 radical (unpaired) electrons. The second kappa shape index (κ2) is 7.84. The first kappa shape index (κ1) is 16.4. The van der Waals surface area contributed by atoms with Crippen LogP contribution in [-0.2, 0) is 23.9 Å². The van der Waals surface area contributed by atoms with Crippen LogP contribution in [0, 0.1) is 5.92 Å². The lowest BCUT2D eigenvalue weighted by atomic mass is 9.98. The molecular formula is C13H21NO6. The zero-order chi connectivity index (χ0) is 15.1. The van der Waals surface area contributed by atoms with Crippen molar-refractivity contribution in [3.63, 3.8) is 0 Å². The number of carbonyl (C=O) groups is 3. The Morgan fingerprint density at radius 1 is 1.45 bits per heavy atom. The topological polar surface area (TPSA) is 102 Å². The number of amides is 1. The van der Waals surface area contributed by atoms with E-state index < -0.39 is 35.9 Å². The molecule has 0 aliphatic carbocycles. The molecule has 0 aromatic carbocycles. The maximum Gasteiger partial charge on any atom is 0.326 e. The molecule has 1 saturated heterocycles. The minimum atomic E-state index is -1.17. The van der Waals surface area contributed by atoms with E-state index in [0.29, 0.717) is 13.0 Å². The number of hydrogen-bond donors (Lipinski definition) is 2. The molecule has 0 aromatic heterocycles. The molecule has 1 amide bonds. The third-order valence-electron chi connectivity index (χ3n) is 3.15. The van der Waals surface area contributed by atoms with Gasteiger partial charge in [0.1, 0.15) is 12.1 Å². The van der Waals surface area contributed by atoms with Crippen LogP contribution < -0.4 is 5.32 Å². The van der Waals surface area contributed by atoms with Crippen LogP contribution >= 0.6 is 0 Å². The largest absolute Gasteiger partial charge is 0.480 e. The lowest BCUT2D eigenvalue weighted by molar-refractivity contribution is -0.148. The average Bonchev–Trinajstić information content (AvgIpc) is 2.89. The lowest BCUT2D eigenvalue weighted by Crippen LogP contribution is -2.49. The fourth-order valence-electron chi connectivity index (χ4n) is 2.08. The Bertz CT molecular complexity index is 364. The van der Waals surface area contributed by atoms with Crippen molar-refractivity contribution >= 4 is 17.8 Å². The van der Waals surface area contributed by atoms with E-state index in [0.717, 1.165) is 6.42 Å². The predicted octanol–water partition coefficient (Wildman–Crippen LogP) is 0.324. The number of nitrogens with one attached hydrogen (secondary N) is 1. The molecule has 1 aliphatic rings. The lowest BCUT2D eigenvalue weighted by Gasteiger charge is -2.22. The fraction of sp³-hybridized carbons (Fsp3) is 0.769. The fourth-order valence-corrected chi connectivity index (χ4v) is 2.08. The monoisotopic (exact) mass is 287 g/mol. The van der Waals surface area contributed by atoms with Gasteiger partial charge in [-0.05, 0) is 25.7 Å². The summed E-state index contributed by atoms with van der Waals surface area (Å²) in [5.74, 6) is -2.65. The molecule has 0 saturated carbocycles. The number of carboxylic acid groups (broad SMARTS) is 1. The Kier molecular flexibility index (Phi) is 6.44. The molecule has 7 nitrogen and oxygen atoms in total. The first-order chi connectivity index (χ1) is 9.45. The van der Waals surface area contributed by atoms with Crippen molar-refractivity contribution in [2.24, 2.45) is 5.92 Å². The number of carbonyl (C=O) groups excluding carboxylic acids is 2. The van der Waals surface area contributed by atoms with Gasteiger partial charge in [0, 0.05) is 6.61 Å². The average molecular weight is 287 g/mol. The van der Waals surface area contributed by atoms with Gasteiger partial charge >= 0.3 is 11.9 Å². The van der Waals surface area contributed by atoms with Crippen molar-refractivity contribution in [1.29, 1.82) is 0 Å². The van der Waals surface area contributed by atoms with Gasteiger partial charge in [0.05, 0.1) is 13.0 Å². The van der Waals surface area contributed by atoms with Crippen molar-refractivity contribution < 1.29 is 29.0 Å². The molecule has 2 N–H and O–H groups in total. The zero-order valence-corrected chi connectivity index (χ0v) is 11.8. The first-order valence-electron chi connectivity index (χ1n) is 6.76. The van der Waals surface area contributed by atoms with E-state index in [4.69, 9.17) is 9.47 Å². The van der Waals surface area contributed by atoms with Crippen molar-refractivity contribution in [2.75, 3.05) is 13.2 Å². The highest BCUT2D eigenvalue weighted by Crippen LogP contribution is 2.15. The molecule has 0 bridgehead atoms. The summed E-state index contributed by atoms with van der Waals surface area (Å²) in [7, 11) is 0. The molecule has 0 spiro atoms. The van der Waals surface area contributed by atoms with E-state index in [2.05, 4.69) is 5.32 Å². The van der Waals surface area contributed by atoms with E-state index in [-0.39, 0.29) is 13.0 Å². The highest BCUT2D eigenvalue weighted by atomic mass is 16.5. The van der Waals surface area contributed by atoms with E-state index in [9.17, 15) is 19.5 Å². The summed E-state index contributed by atoms with van der Waals surface area (Å²) in [6.07, 6.45) is 0.724. The van der Waals surface area contributed by atoms with Gasteiger partial charge in [-0.1, -0.05) is 6.92 Å². The van der Waals surface area contributed by atoms with Gasteiger partial charge < -0.3 is 19.9 Å². The second-order valence-electron chi connectivity index (χ2n) is 4.81. The standard InChI is InChI=1S/C13H21NO6/c1-3-19-10(15)7-8(2)11(13(17)18)14-12(16)9-5-4-6-20-9/h8-9,11H,3-7H2,1-2H3,(H,14,16)(H,17,18)/t8-,9+,11-/m0/s1. The van der Waals surface area contributed by atoms with Gasteiger partial charge in [0.15, 0.2) is 0 Å². The summed E-state index contributed by atoms with van der Waals surface area (Å²) in [5, 5.41) is 11.6. The highest BCUT2D eigenvalue weighted by molar-refractivity contribution is 5.87. The molecule has 1 heterocycles. The predicted molar refractivity (Wildman–Crippen MR) is 69.0 cm³/mol. The number of hydrogen-bond acceptors (Lipinski definition) is 5. The van der Waals surface area contributed by atoms with Crippen molar-refractivity contribution in [3.05, 3.63) is 0 Å². The van der Waals surface area contributed by atoms with E-state index in [1.165, 1.54) is 0 Å². The van der Waals surface area contributed by atoms with Crippen LogP contribution in [0.4, 0.5) is 0 Å². The molecule has 3 atom stereocenters. The summed E-state index contributed by atoms with van der Waals surface area (Å²) in [6, 6.07) is -1.13. The summed E-state index contributed by atoms with van der Waals surface area (Å²) in [4.78, 5) is 34.5. The zero-order valence-electron chi connectivity index (χ0n) is 11.8. The molecule has 1 rings (SSSR count). The highest BCUT2D eigenvalue weighted by Gasteiger charge is 2.32. The van der Waals surface area contributed by atoms with Crippen molar-refractivity contribution in [1.82, 2.24) is 5.32 Å². The van der Waals surface area contributed by atoms with Gasteiger partial charge in [0.2, 0.25) is 5.91 Å². The van der Waals surface area contributed by atoms with Crippen LogP contribution in [0.25, 0.3) is 0 Å². The minimum absolute atomic E-state index is 0.0589. The molecule has 0 unspecified atom stereocenters. The van der Waals surface area contributed by atoms with Gasteiger partial charge in [-0.3, -0.25) is 9.59 Å². The van der Waals surface area contributed by atoms with E-state index in [1.807, 2.05) is 0 Å². The van der Waals surface area contributed by atoms with Crippen LogP contribution in [0.15, 0.2) is 0 Å². The van der Waals surface area contributed by atoms with Gasteiger partial charge in [0.25, 0.3) is 0 Å². The molecule has 7 heteroatoms. The third-order valence-corrected chi connectivity index (χ3v) is 3.15. The summed E-state index contributed by atoms with van der Waals surface area (Å²) >= 11 is 0. The molecule has 20 heavy (non-hydrogen) atoms. The van der Waals surface area contributed by atoms with Crippen LogP contribution in [-0.4, -0.2) is 48.3 Å². The summed E-state index contributed by atoms with van der Waals surface area (Å²) < 4.78 is 9.98. The Morgan fingerprint density at radius 2 is 2.15 bits per heavy atom. The van der Waals surface area contributed by atoms with Crippen LogP contribution in [0.2, 0.25) is 0 Å². The van der Waals surface area contributed by atoms with Crippen LogP contribution in [0.1, 0.15) is 33.1 Å². The quantitative estimate of drug-likeness (QED) is 0.654. The minimum Gasteiger partial charge on any atom is -0.480 e. The van der Waals surface area contributed by atoms with Gasteiger partial charge in [-0.25, -0.2) is 4.79 Å². The normalized spacial score (nSPS) is 21.0. The number of carboxylic acids is 1. The summed E-state index contributed by atoms with van der Waals surface area (Å²) in [6.45, 7) is 4.02. The second-order valence-corrected chi connectivity index (χ2v) is 4.81. The van der Waals surface area contributed by atoms with Gasteiger partial charge in [-0.2, -0.15) is 0 Å². The maximum atomic E-state index is 11.9. The Labute approximate surface area is 117 Å². The number of esters is 1. The van der Waals surface area contributed by atoms with Crippen molar-refractivity contribution in [3.8, 4) is 0 Å². The van der Waals surface area contributed by atoms with Crippen molar-refractivity contribution in [2.45, 2.75) is 45.3 Å². The Morgan fingerprint density at radius 3 is 2.65 bits per heavy atom. The molecule has 1 fully saturated rings. The van der Waals surface area contributed by atoms with Crippen LogP contribution in [0.5, 0.6) is 0 Å². The molecule has 1 aliphatic heterocycles. The molecular weight excluding hydrogens is 266 g/mol. The Hall–Kier alpha value is -1.63. The van der Waals surface area contributed by atoms with Crippen LogP contribution in [0.3, 0.4) is 0 Å². The number of aliphatic carboxylic acids is 1. The molecule has 114 valence electrons. The third kappa shape index (κ3) is 4.80. The molecule has 0 aromatic rings. The van der Waals surface area contributed by atoms with E-state index >= 15 is 0 Å². The first-order valence-corrected chi connectivity index (χ1v) is 6.76. The maximum absolute atomic E-state index is 11.9. The van der Waals surface area contributed by atoms with E-state index in [1.54, 1.807) is 13.8 Å². The SMILES string of the molecule is CCOC(=O)C[C@H](C)[C@H](NC(=O)[C@H]1CCCO1)C(=O)O. The van der Waals surface area contributed by atoms with Gasteiger partial charge in [-0.15, -0.1) is 0 Å². The Balaban J connectivity index is 2.56. The number of rotatable bonds is 7. The number of ether oxygens (including phenoxy) is 2. The summed E-state index contributed by atoms with van der Waals surface area (Å²) in [5.41, 5.74) is 0.